The first-order valence-corrected chi connectivity index (χ1v) is 19.9. The Morgan fingerprint density at radius 2 is 1.82 bits per heavy atom. The summed E-state index contributed by atoms with van der Waals surface area (Å²) in [6.07, 6.45) is 22.7. The number of carbonyl (C=O) groups is 3. The summed E-state index contributed by atoms with van der Waals surface area (Å²) in [4.78, 5) is 46.6. The molecule has 5 aliphatic rings. The fourth-order valence-corrected chi connectivity index (χ4v) is 8.82. The van der Waals surface area contributed by atoms with Crippen molar-refractivity contribution in [1.82, 2.24) is 20.5 Å². The number of hydrogen-bond acceptors (Lipinski definition) is 5. The van der Waals surface area contributed by atoms with Crippen LogP contribution >= 0.6 is 0 Å². The molecular weight excluding hydrogens is 730 g/mol. The van der Waals surface area contributed by atoms with E-state index in [1.807, 2.05) is 30.5 Å². The highest BCUT2D eigenvalue weighted by Gasteiger charge is 2.39. The quantitative estimate of drug-likeness (QED) is 0.157. The average molecular weight is 779 g/mol. The first-order valence-electron chi connectivity index (χ1n) is 19.9. The molecule has 2 amide bonds. The van der Waals surface area contributed by atoms with Gasteiger partial charge in [-0.05, 0) is 97.4 Å². The predicted octanol–water partition coefficient (Wildman–Crippen LogP) is 8.48. The number of fused-ring (bicyclic) bond motifs is 1. The number of nitrogens with one attached hydrogen (secondary N) is 3. The van der Waals surface area contributed by atoms with Gasteiger partial charge in [-0.1, -0.05) is 67.7 Å². The second kappa shape index (κ2) is 17.3. The maximum absolute atomic E-state index is 14.3. The van der Waals surface area contributed by atoms with Gasteiger partial charge >= 0.3 is 12.1 Å². The number of hydrogen-bond donors (Lipinski definition) is 3. The molecule has 1 aromatic heterocycles. The van der Waals surface area contributed by atoms with Crippen molar-refractivity contribution in [2.24, 2.45) is 17.8 Å². The third-order valence-corrected chi connectivity index (χ3v) is 11.9. The minimum atomic E-state index is -4.48. The molecule has 0 radical (unpaired) electrons. The minimum absolute atomic E-state index is 0.0146. The van der Waals surface area contributed by atoms with Gasteiger partial charge in [-0.25, -0.2) is 4.79 Å². The number of aromatic nitrogens is 1. The molecule has 3 N–H and O–H groups in total. The number of nitrogens with zero attached hydrogens (tertiary/aromatic N) is 1. The summed E-state index contributed by atoms with van der Waals surface area (Å²) in [6.45, 7) is 3.73. The van der Waals surface area contributed by atoms with Crippen LogP contribution in [-0.2, 0) is 20.7 Å². The third kappa shape index (κ3) is 9.04. The molecule has 298 valence electrons. The van der Waals surface area contributed by atoms with Gasteiger partial charge in [-0.15, -0.1) is 5.73 Å². The van der Waals surface area contributed by atoms with Crippen molar-refractivity contribution < 1.29 is 32.3 Å². The molecule has 5 atom stereocenters. The Balaban J connectivity index is 0.990. The van der Waals surface area contributed by atoms with Crippen LogP contribution < -0.4 is 10.6 Å². The molecule has 1 aliphatic heterocycles. The topological polar surface area (TPSA) is 104 Å². The minimum Gasteiger partial charge on any atom is -0.467 e. The van der Waals surface area contributed by atoms with Gasteiger partial charge in [0, 0.05) is 66.1 Å². The summed E-state index contributed by atoms with van der Waals surface area (Å²) in [6, 6.07) is 6.12. The molecule has 4 aliphatic carbocycles. The van der Waals surface area contributed by atoms with Crippen molar-refractivity contribution in [1.29, 1.82) is 0 Å². The molecule has 0 bridgehead atoms. The zero-order valence-corrected chi connectivity index (χ0v) is 32.3. The lowest BCUT2D eigenvalue weighted by molar-refractivity contribution is -0.146. The molecule has 2 aromatic rings. The first-order chi connectivity index (χ1) is 27.5. The fraction of sp³-hybridized carbons (Fsp3) is 0.391. The van der Waals surface area contributed by atoms with E-state index < -0.39 is 29.7 Å². The van der Waals surface area contributed by atoms with Gasteiger partial charge in [0.1, 0.15) is 6.04 Å². The lowest BCUT2D eigenvalue weighted by atomic mass is 9.73. The van der Waals surface area contributed by atoms with Gasteiger partial charge in [-0.2, -0.15) is 13.2 Å². The van der Waals surface area contributed by atoms with Crippen LogP contribution in [0.1, 0.15) is 90.0 Å². The van der Waals surface area contributed by atoms with Crippen molar-refractivity contribution in [3.05, 3.63) is 142 Å². The number of ether oxygens (including phenoxy) is 1. The number of piperidine rings is 1. The number of benzene rings is 1. The molecule has 1 saturated heterocycles. The SMILES string of the molecule is COC(=O)C(Cc1c[nH]c2c1C=CCC2C)NC(=O)C(C1C=CC=CC1)C1CCN(C2=CC=C(NC(=O)c3ccccc3C3C=C=C(C(F)(F)F)C=C3)CC2)CC1. The molecule has 0 spiro atoms. The molecule has 11 heteroatoms. The number of likely N-dealkylation sites (tertiary alicyclic amines) is 1. The van der Waals surface area contributed by atoms with E-state index in [9.17, 15) is 27.6 Å². The second-order valence-electron chi connectivity index (χ2n) is 15.5. The summed E-state index contributed by atoms with van der Waals surface area (Å²) >= 11 is 0. The van der Waals surface area contributed by atoms with Gasteiger partial charge in [0.25, 0.3) is 5.91 Å². The van der Waals surface area contributed by atoms with E-state index in [4.69, 9.17) is 4.74 Å². The number of methoxy groups -OCH3 is 1. The van der Waals surface area contributed by atoms with Crippen LogP contribution in [0.15, 0.2) is 114 Å². The van der Waals surface area contributed by atoms with Gasteiger partial charge < -0.3 is 25.3 Å². The second-order valence-corrected chi connectivity index (χ2v) is 15.5. The molecule has 1 fully saturated rings. The number of amides is 2. The summed E-state index contributed by atoms with van der Waals surface area (Å²) in [5.41, 5.74) is 7.64. The van der Waals surface area contributed by atoms with E-state index in [2.05, 4.69) is 57.5 Å². The summed E-state index contributed by atoms with van der Waals surface area (Å²) < 4.78 is 44.5. The highest BCUT2D eigenvalue weighted by atomic mass is 19.4. The smallest absolute Gasteiger partial charge is 0.423 e. The van der Waals surface area contributed by atoms with Gasteiger partial charge in [0.2, 0.25) is 5.91 Å². The van der Waals surface area contributed by atoms with Crippen LogP contribution in [0.4, 0.5) is 13.2 Å². The summed E-state index contributed by atoms with van der Waals surface area (Å²) in [5.74, 6) is -1.23. The van der Waals surface area contributed by atoms with E-state index in [1.54, 1.807) is 24.3 Å². The highest BCUT2D eigenvalue weighted by Crippen LogP contribution is 2.37. The number of allylic oxidation sites excluding steroid dienone is 12. The number of alkyl halides is 3. The van der Waals surface area contributed by atoms with E-state index in [0.29, 0.717) is 29.9 Å². The van der Waals surface area contributed by atoms with Crippen molar-refractivity contribution in [3.8, 4) is 0 Å². The molecule has 0 saturated carbocycles. The van der Waals surface area contributed by atoms with Crippen LogP contribution in [0, 0.1) is 17.8 Å². The van der Waals surface area contributed by atoms with Crippen LogP contribution in [0.2, 0.25) is 0 Å². The standard InChI is InChI=1S/C46H49F3N4O4/c1-29-9-8-14-38-33(28-50-42(29)38)27-40(45(56)57-2)52-44(55)41(31-10-4-3-5-11-31)32-23-25-53(26-24-32)36-21-19-35(20-22-36)51-43(54)39-13-7-6-12-37(39)30-15-17-34(18-16-30)46(47,48)49/h3-8,10,12-17,19,21,28-32,40-41,50H,9,11,20,22-27H2,1-2H3,(H,51,54)(H,52,55). The predicted molar refractivity (Wildman–Crippen MR) is 214 cm³/mol. The number of carbonyl (C=O) groups excluding carboxylic acids is 3. The Labute approximate surface area is 331 Å². The maximum atomic E-state index is 14.3. The van der Waals surface area contributed by atoms with Crippen molar-refractivity contribution >= 4 is 23.9 Å². The Bertz CT molecular complexity index is 2120. The number of rotatable bonds is 11. The van der Waals surface area contributed by atoms with Crippen molar-refractivity contribution in [2.75, 3.05) is 20.2 Å². The van der Waals surface area contributed by atoms with Crippen LogP contribution in [-0.4, -0.2) is 60.1 Å². The zero-order chi connectivity index (χ0) is 40.1. The third-order valence-electron chi connectivity index (χ3n) is 11.9. The van der Waals surface area contributed by atoms with Gasteiger partial charge in [0.15, 0.2) is 0 Å². The Kier molecular flexibility index (Phi) is 12.0. The van der Waals surface area contributed by atoms with Crippen LogP contribution in [0.3, 0.4) is 0 Å². The largest absolute Gasteiger partial charge is 0.467 e. The monoisotopic (exact) mass is 778 g/mol. The number of H-pyrrole nitrogens is 1. The number of halogens is 3. The van der Waals surface area contributed by atoms with Crippen LogP contribution in [0.5, 0.6) is 0 Å². The summed E-state index contributed by atoms with van der Waals surface area (Å²) in [7, 11) is 1.36. The first kappa shape index (κ1) is 39.7. The van der Waals surface area contributed by atoms with E-state index in [1.165, 1.54) is 25.0 Å². The lowest BCUT2D eigenvalue weighted by Gasteiger charge is -2.40. The zero-order valence-electron chi connectivity index (χ0n) is 32.3. The Hall–Kier alpha value is -5.54. The lowest BCUT2D eigenvalue weighted by Crippen LogP contribution is -2.50. The maximum Gasteiger partial charge on any atom is 0.423 e. The Morgan fingerprint density at radius 3 is 2.51 bits per heavy atom. The highest BCUT2D eigenvalue weighted by molar-refractivity contribution is 5.97. The van der Waals surface area contributed by atoms with Crippen molar-refractivity contribution in [2.45, 2.75) is 75.9 Å². The number of aromatic amines is 1. The van der Waals surface area contributed by atoms with E-state index >= 15 is 0 Å². The average Bonchev–Trinajstić information content (AvgIpc) is 3.64. The molecule has 2 heterocycles. The van der Waals surface area contributed by atoms with Crippen LogP contribution in [0.25, 0.3) is 6.08 Å². The molecular formula is C46H49F3N4O4. The normalized spacial score (nSPS) is 22.9. The van der Waals surface area contributed by atoms with Crippen molar-refractivity contribution in [3.63, 3.8) is 0 Å². The van der Waals surface area contributed by atoms with E-state index in [-0.39, 0.29) is 29.6 Å². The molecule has 5 unspecified atom stereocenters. The molecule has 8 nitrogen and oxygen atoms in total. The Morgan fingerprint density at radius 1 is 1.02 bits per heavy atom. The molecule has 57 heavy (non-hydrogen) atoms. The fourth-order valence-electron chi connectivity index (χ4n) is 8.82. The molecule has 1 aromatic carbocycles. The van der Waals surface area contributed by atoms with Gasteiger partial charge in [-0.3, -0.25) is 9.59 Å². The summed E-state index contributed by atoms with van der Waals surface area (Å²) in [5, 5.41) is 6.15. The molecule has 7 rings (SSSR count). The van der Waals surface area contributed by atoms with E-state index in [0.717, 1.165) is 73.8 Å². The van der Waals surface area contributed by atoms with Gasteiger partial charge in [0.05, 0.1) is 12.7 Å². The number of esters is 1.